The number of carbonyl (C=O) groups is 1. The number of benzene rings is 2. The predicted molar refractivity (Wildman–Crippen MR) is 104 cm³/mol. The lowest BCUT2D eigenvalue weighted by molar-refractivity contribution is 0.102. The van der Waals surface area contributed by atoms with Crippen LogP contribution in [0.4, 0.5) is 5.69 Å². The molecule has 0 unspecified atom stereocenters. The van der Waals surface area contributed by atoms with E-state index in [1.165, 1.54) is 30.3 Å². The third-order valence-electron chi connectivity index (χ3n) is 3.51. The van der Waals surface area contributed by atoms with Gasteiger partial charge in [0.1, 0.15) is 12.4 Å². The van der Waals surface area contributed by atoms with Gasteiger partial charge in [-0.1, -0.05) is 6.08 Å². The average molecular weight is 390 g/mol. The second-order valence-electron chi connectivity index (χ2n) is 5.48. The lowest BCUT2D eigenvalue weighted by Gasteiger charge is -2.09. The molecule has 2 N–H and O–H groups in total. The highest BCUT2D eigenvalue weighted by molar-refractivity contribution is 7.89. The summed E-state index contributed by atoms with van der Waals surface area (Å²) in [5.74, 6) is 0.331. The predicted octanol–water partition coefficient (Wildman–Crippen LogP) is 2.43. The molecular weight excluding hydrogens is 368 g/mol. The van der Waals surface area contributed by atoms with Crippen LogP contribution in [0.3, 0.4) is 0 Å². The first-order valence-electron chi connectivity index (χ1n) is 8.20. The quantitative estimate of drug-likeness (QED) is 0.480. The molecule has 0 bridgehead atoms. The molecule has 0 aliphatic rings. The molecule has 2 rings (SSSR count). The molecular formula is C19H22N2O5S. The minimum atomic E-state index is -3.61. The van der Waals surface area contributed by atoms with Crippen molar-refractivity contribution < 1.29 is 22.7 Å². The van der Waals surface area contributed by atoms with E-state index in [1.54, 1.807) is 31.4 Å². The van der Waals surface area contributed by atoms with Crippen molar-refractivity contribution in [2.45, 2.75) is 4.90 Å². The molecule has 2 aromatic carbocycles. The molecule has 0 spiro atoms. The second kappa shape index (κ2) is 9.86. The largest absolute Gasteiger partial charge is 0.491 e. The van der Waals surface area contributed by atoms with Crippen LogP contribution >= 0.6 is 0 Å². The summed E-state index contributed by atoms with van der Waals surface area (Å²) < 4.78 is 36.8. The molecule has 0 saturated carbocycles. The van der Waals surface area contributed by atoms with Gasteiger partial charge in [0.25, 0.3) is 5.91 Å². The van der Waals surface area contributed by atoms with Gasteiger partial charge in [-0.2, -0.15) is 0 Å². The highest BCUT2D eigenvalue weighted by Gasteiger charge is 2.14. The van der Waals surface area contributed by atoms with Crippen molar-refractivity contribution in [3.05, 3.63) is 66.7 Å². The van der Waals surface area contributed by atoms with Crippen molar-refractivity contribution in [1.29, 1.82) is 0 Å². The first-order valence-corrected chi connectivity index (χ1v) is 9.68. The normalized spacial score (nSPS) is 11.0. The third kappa shape index (κ3) is 6.21. The van der Waals surface area contributed by atoms with Crippen LogP contribution in [0, 0.1) is 0 Å². The van der Waals surface area contributed by atoms with Gasteiger partial charge >= 0.3 is 0 Å². The van der Waals surface area contributed by atoms with Crippen LogP contribution < -0.4 is 14.8 Å². The van der Waals surface area contributed by atoms with Gasteiger partial charge in [-0.3, -0.25) is 4.79 Å². The van der Waals surface area contributed by atoms with Crippen LogP contribution in [0.25, 0.3) is 0 Å². The minimum absolute atomic E-state index is 0.0819. The number of rotatable bonds is 10. The monoisotopic (exact) mass is 390 g/mol. The van der Waals surface area contributed by atoms with Crippen LogP contribution in [-0.2, 0) is 14.8 Å². The molecule has 0 aliphatic heterocycles. The Bertz CT molecular complexity index is 862. The third-order valence-corrected chi connectivity index (χ3v) is 4.95. The van der Waals surface area contributed by atoms with Gasteiger partial charge in [0.15, 0.2) is 0 Å². The van der Waals surface area contributed by atoms with Crippen molar-refractivity contribution in [2.75, 3.05) is 32.2 Å². The summed E-state index contributed by atoms with van der Waals surface area (Å²) in [6, 6.07) is 12.6. The van der Waals surface area contributed by atoms with Crippen LogP contribution in [0.1, 0.15) is 10.4 Å². The fraction of sp³-hybridized carbons (Fsp3) is 0.211. The highest BCUT2D eigenvalue weighted by Crippen LogP contribution is 2.17. The zero-order valence-corrected chi connectivity index (χ0v) is 15.8. The minimum Gasteiger partial charge on any atom is -0.491 e. The van der Waals surface area contributed by atoms with Crippen molar-refractivity contribution >= 4 is 21.6 Å². The van der Waals surface area contributed by atoms with E-state index in [1.807, 2.05) is 0 Å². The number of ether oxygens (including phenoxy) is 2. The molecule has 2 aromatic rings. The molecule has 27 heavy (non-hydrogen) atoms. The number of carbonyl (C=O) groups excluding carboxylic acids is 1. The molecule has 0 saturated heterocycles. The summed E-state index contributed by atoms with van der Waals surface area (Å²) >= 11 is 0. The Morgan fingerprint density at radius 3 is 2.33 bits per heavy atom. The second-order valence-corrected chi connectivity index (χ2v) is 7.25. The molecule has 0 atom stereocenters. The van der Waals surface area contributed by atoms with Crippen molar-refractivity contribution in [1.82, 2.24) is 4.72 Å². The standard InChI is InChI=1S/C19H22N2O5S/c1-3-12-20-27(23,24)18-10-4-15(5-11-18)19(22)21-16-6-8-17(9-7-16)26-14-13-25-2/h3-11,20H,1,12-14H2,2H3,(H,21,22). The summed E-state index contributed by atoms with van der Waals surface area (Å²) in [4.78, 5) is 12.4. The molecule has 0 aromatic heterocycles. The smallest absolute Gasteiger partial charge is 0.255 e. The fourth-order valence-electron chi connectivity index (χ4n) is 2.12. The lowest BCUT2D eigenvalue weighted by atomic mass is 10.2. The van der Waals surface area contributed by atoms with Crippen molar-refractivity contribution in [2.24, 2.45) is 0 Å². The van der Waals surface area contributed by atoms with E-state index in [9.17, 15) is 13.2 Å². The maximum atomic E-state index is 12.3. The number of sulfonamides is 1. The van der Waals surface area contributed by atoms with Gasteiger partial charge in [-0.25, -0.2) is 13.1 Å². The Kier molecular flexibility index (Phi) is 7.54. The van der Waals surface area contributed by atoms with Crippen molar-refractivity contribution in [3.63, 3.8) is 0 Å². The van der Waals surface area contributed by atoms with E-state index in [0.29, 0.717) is 30.2 Å². The van der Waals surface area contributed by atoms with Gasteiger partial charge < -0.3 is 14.8 Å². The van der Waals surface area contributed by atoms with E-state index in [4.69, 9.17) is 9.47 Å². The molecule has 1 amide bonds. The van der Waals surface area contributed by atoms with E-state index in [2.05, 4.69) is 16.6 Å². The van der Waals surface area contributed by atoms with Gasteiger partial charge in [0.2, 0.25) is 10.0 Å². The number of anilines is 1. The molecule has 7 nitrogen and oxygen atoms in total. The zero-order chi connectivity index (χ0) is 19.7. The number of nitrogens with one attached hydrogen (secondary N) is 2. The molecule has 0 radical (unpaired) electrons. The number of methoxy groups -OCH3 is 1. The van der Waals surface area contributed by atoms with Gasteiger partial charge in [0, 0.05) is 24.9 Å². The maximum absolute atomic E-state index is 12.3. The molecule has 144 valence electrons. The SMILES string of the molecule is C=CCNS(=O)(=O)c1ccc(C(=O)Nc2ccc(OCCOC)cc2)cc1. The Morgan fingerprint density at radius 1 is 1.07 bits per heavy atom. The maximum Gasteiger partial charge on any atom is 0.255 e. The zero-order valence-electron chi connectivity index (χ0n) is 15.0. The van der Waals surface area contributed by atoms with Crippen LogP contribution in [0.5, 0.6) is 5.75 Å². The van der Waals surface area contributed by atoms with Crippen LogP contribution in [0.2, 0.25) is 0 Å². The molecule has 8 heteroatoms. The topological polar surface area (TPSA) is 93.7 Å². The van der Waals surface area contributed by atoms with Crippen LogP contribution in [0.15, 0.2) is 66.1 Å². The lowest BCUT2D eigenvalue weighted by Crippen LogP contribution is -2.23. The summed E-state index contributed by atoms with van der Waals surface area (Å²) in [6.07, 6.45) is 1.45. The van der Waals surface area contributed by atoms with Crippen LogP contribution in [-0.4, -0.2) is 41.2 Å². The van der Waals surface area contributed by atoms with E-state index in [-0.39, 0.29) is 17.3 Å². The van der Waals surface area contributed by atoms with Gasteiger partial charge in [0.05, 0.1) is 11.5 Å². The Balaban J connectivity index is 1.98. The summed E-state index contributed by atoms with van der Waals surface area (Å²) in [5, 5.41) is 2.75. The molecule has 0 fully saturated rings. The van der Waals surface area contributed by atoms with Gasteiger partial charge in [-0.05, 0) is 48.5 Å². The Morgan fingerprint density at radius 2 is 1.74 bits per heavy atom. The van der Waals surface area contributed by atoms with Gasteiger partial charge in [-0.15, -0.1) is 6.58 Å². The van der Waals surface area contributed by atoms with E-state index >= 15 is 0 Å². The van der Waals surface area contributed by atoms with Crippen molar-refractivity contribution in [3.8, 4) is 5.75 Å². The van der Waals surface area contributed by atoms with E-state index in [0.717, 1.165) is 0 Å². The summed E-state index contributed by atoms with van der Waals surface area (Å²) in [5.41, 5.74) is 0.946. The summed E-state index contributed by atoms with van der Waals surface area (Å²) in [6.45, 7) is 4.54. The number of hydrogen-bond donors (Lipinski definition) is 2. The summed E-state index contributed by atoms with van der Waals surface area (Å²) in [7, 11) is -2.02. The first kappa shape index (κ1) is 20.6. The Labute approximate surface area is 159 Å². The highest BCUT2D eigenvalue weighted by atomic mass is 32.2. The van der Waals surface area contributed by atoms with E-state index < -0.39 is 10.0 Å². The molecule has 0 heterocycles. The fourth-order valence-corrected chi connectivity index (χ4v) is 3.12. The average Bonchev–Trinajstić information content (AvgIpc) is 2.68. The Hall–Kier alpha value is -2.68. The number of hydrogen-bond acceptors (Lipinski definition) is 5. The number of amides is 1. The first-order chi connectivity index (χ1) is 13.0. The molecule has 0 aliphatic carbocycles.